The van der Waals surface area contributed by atoms with E-state index in [1.807, 2.05) is 27.7 Å². The van der Waals surface area contributed by atoms with Crippen molar-refractivity contribution in [1.82, 2.24) is 4.90 Å². The van der Waals surface area contributed by atoms with Crippen molar-refractivity contribution in [2.75, 3.05) is 6.54 Å². The van der Waals surface area contributed by atoms with Crippen molar-refractivity contribution < 1.29 is 14.6 Å². The third-order valence-electron chi connectivity index (χ3n) is 2.16. The largest absolute Gasteiger partial charge is 0.444 e. The lowest BCUT2D eigenvalue weighted by Crippen LogP contribution is -2.46. The van der Waals surface area contributed by atoms with Gasteiger partial charge in [0.15, 0.2) is 0 Å². The molecule has 1 amide bonds. The molecule has 90 valence electrons. The van der Waals surface area contributed by atoms with E-state index in [2.05, 4.69) is 0 Å². The van der Waals surface area contributed by atoms with Crippen LogP contribution in [0.3, 0.4) is 0 Å². The third-order valence-corrected chi connectivity index (χ3v) is 2.16. The molecule has 2 unspecified atom stereocenters. The van der Waals surface area contributed by atoms with E-state index in [1.165, 1.54) is 4.90 Å². The molecule has 0 fully saturated rings. The zero-order valence-electron chi connectivity index (χ0n) is 10.6. The first-order valence-electron chi connectivity index (χ1n) is 5.36. The minimum atomic E-state index is -0.558. The number of likely N-dealkylation sites (N-methyl/N-ethyl adjacent to an activating group) is 1. The molecule has 1 N–H and O–H groups in total. The lowest BCUT2D eigenvalue weighted by Gasteiger charge is -2.32. The molecule has 4 heteroatoms. The molecule has 0 rings (SSSR count). The number of ether oxygens (including phenoxy) is 1. The van der Waals surface area contributed by atoms with Crippen LogP contribution >= 0.6 is 0 Å². The average molecular weight is 217 g/mol. The maximum absolute atomic E-state index is 11.7. The Morgan fingerprint density at radius 1 is 1.40 bits per heavy atom. The molecule has 0 aromatic heterocycles. The Bertz CT molecular complexity index is 208. The number of hydrogen-bond donors (Lipinski definition) is 1. The Balaban J connectivity index is 4.48. The van der Waals surface area contributed by atoms with Crippen molar-refractivity contribution in [2.24, 2.45) is 0 Å². The van der Waals surface area contributed by atoms with Gasteiger partial charge in [0.2, 0.25) is 0 Å². The lowest BCUT2D eigenvalue weighted by atomic mass is 10.2. The van der Waals surface area contributed by atoms with Crippen molar-refractivity contribution in [2.45, 2.75) is 59.3 Å². The highest BCUT2D eigenvalue weighted by atomic mass is 16.6. The van der Waals surface area contributed by atoms with Gasteiger partial charge in [0.05, 0.1) is 12.1 Å². The molecule has 0 aliphatic heterocycles. The van der Waals surface area contributed by atoms with Gasteiger partial charge in [-0.3, -0.25) is 0 Å². The summed E-state index contributed by atoms with van der Waals surface area (Å²) in [6.07, 6.45) is -0.934. The first-order chi connectivity index (χ1) is 6.69. The van der Waals surface area contributed by atoms with Crippen molar-refractivity contribution in [3.8, 4) is 0 Å². The number of carbonyl (C=O) groups is 1. The first kappa shape index (κ1) is 14.2. The van der Waals surface area contributed by atoms with Crippen LogP contribution in [0.2, 0.25) is 0 Å². The van der Waals surface area contributed by atoms with Crippen molar-refractivity contribution in [1.29, 1.82) is 0 Å². The Kier molecular flexibility index (Phi) is 5.08. The molecule has 0 radical (unpaired) electrons. The Morgan fingerprint density at radius 3 is 2.13 bits per heavy atom. The molecular weight excluding hydrogens is 194 g/mol. The number of nitrogens with zero attached hydrogens (tertiary/aromatic N) is 1. The van der Waals surface area contributed by atoms with Crippen molar-refractivity contribution in [3.05, 3.63) is 0 Å². The Hall–Kier alpha value is -0.770. The summed E-state index contributed by atoms with van der Waals surface area (Å²) in [5.74, 6) is 0. The van der Waals surface area contributed by atoms with Gasteiger partial charge in [-0.1, -0.05) is 0 Å². The lowest BCUT2D eigenvalue weighted by molar-refractivity contribution is 0.00229. The van der Waals surface area contributed by atoms with Crippen molar-refractivity contribution in [3.63, 3.8) is 0 Å². The van der Waals surface area contributed by atoms with Crippen LogP contribution in [-0.2, 0) is 4.74 Å². The molecule has 0 aliphatic carbocycles. The van der Waals surface area contributed by atoms with E-state index in [0.29, 0.717) is 6.54 Å². The fraction of sp³-hybridized carbons (Fsp3) is 0.909. The summed E-state index contributed by atoms with van der Waals surface area (Å²) < 4.78 is 5.24. The van der Waals surface area contributed by atoms with Crippen LogP contribution in [0.4, 0.5) is 4.79 Å². The molecule has 4 nitrogen and oxygen atoms in total. The fourth-order valence-corrected chi connectivity index (χ4v) is 1.16. The maximum atomic E-state index is 11.7. The van der Waals surface area contributed by atoms with Gasteiger partial charge in [-0.15, -0.1) is 0 Å². The van der Waals surface area contributed by atoms with Gasteiger partial charge in [-0.2, -0.15) is 0 Å². The highest BCUT2D eigenvalue weighted by Crippen LogP contribution is 2.13. The maximum Gasteiger partial charge on any atom is 0.410 e. The van der Waals surface area contributed by atoms with Crippen LogP contribution in [0, 0.1) is 0 Å². The minimum Gasteiger partial charge on any atom is -0.444 e. The van der Waals surface area contributed by atoms with E-state index < -0.39 is 11.7 Å². The first-order valence-corrected chi connectivity index (χ1v) is 5.36. The van der Waals surface area contributed by atoms with E-state index in [4.69, 9.17) is 4.74 Å². The van der Waals surface area contributed by atoms with Gasteiger partial charge in [0.1, 0.15) is 5.60 Å². The molecular formula is C11H23NO3. The van der Waals surface area contributed by atoms with Gasteiger partial charge in [0, 0.05) is 6.54 Å². The van der Waals surface area contributed by atoms with Crippen LogP contribution in [0.25, 0.3) is 0 Å². The molecule has 0 aliphatic rings. The molecule has 0 bridgehead atoms. The van der Waals surface area contributed by atoms with Gasteiger partial charge in [-0.25, -0.2) is 4.79 Å². The minimum absolute atomic E-state index is 0.232. The van der Waals surface area contributed by atoms with Gasteiger partial charge < -0.3 is 14.7 Å². The van der Waals surface area contributed by atoms with Gasteiger partial charge in [0.25, 0.3) is 0 Å². The molecule has 15 heavy (non-hydrogen) atoms. The highest BCUT2D eigenvalue weighted by Gasteiger charge is 2.26. The van der Waals surface area contributed by atoms with Gasteiger partial charge in [-0.05, 0) is 41.5 Å². The monoisotopic (exact) mass is 217 g/mol. The second kappa shape index (κ2) is 5.35. The third kappa shape index (κ3) is 5.02. The molecule has 0 aromatic carbocycles. The topological polar surface area (TPSA) is 49.8 Å². The predicted molar refractivity (Wildman–Crippen MR) is 59.8 cm³/mol. The molecule has 0 saturated carbocycles. The summed E-state index contributed by atoms with van der Waals surface area (Å²) in [7, 11) is 0. The van der Waals surface area contributed by atoms with Crippen LogP contribution in [0.15, 0.2) is 0 Å². The number of rotatable bonds is 3. The molecule has 0 saturated heterocycles. The number of carbonyl (C=O) groups excluding carboxylic acids is 1. The molecule has 0 aromatic rings. The van der Waals surface area contributed by atoms with E-state index in [1.54, 1.807) is 13.8 Å². The van der Waals surface area contributed by atoms with E-state index >= 15 is 0 Å². The number of aliphatic hydroxyl groups is 1. The molecule has 2 atom stereocenters. The normalized spacial score (nSPS) is 15.7. The standard InChI is InChI=1S/C11H23NO3/c1-7-12(8(2)9(3)13)10(14)15-11(4,5)6/h8-9,13H,7H2,1-6H3. The van der Waals surface area contributed by atoms with Crippen LogP contribution in [0.1, 0.15) is 41.5 Å². The smallest absolute Gasteiger partial charge is 0.410 e. The second-order valence-corrected chi connectivity index (χ2v) is 4.75. The Labute approximate surface area is 92.2 Å². The number of aliphatic hydroxyl groups excluding tert-OH is 1. The fourth-order valence-electron chi connectivity index (χ4n) is 1.16. The van der Waals surface area contributed by atoms with Gasteiger partial charge >= 0.3 is 6.09 Å². The summed E-state index contributed by atoms with van der Waals surface area (Å²) in [6.45, 7) is 11.3. The van der Waals surface area contributed by atoms with Crippen molar-refractivity contribution >= 4 is 6.09 Å². The highest BCUT2D eigenvalue weighted by molar-refractivity contribution is 5.68. The summed E-state index contributed by atoms with van der Waals surface area (Å²) in [5, 5.41) is 9.42. The quantitative estimate of drug-likeness (QED) is 0.786. The van der Waals surface area contributed by atoms with E-state index in [0.717, 1.165) is 0 Å². The zero-order valence-corrected chi connectivity index (χ0v) is 10.6. The summed E-state index contributed by atoms with van der Waals surface area (Å²) in [4.78, 5) is 13.3. The summed E-state index contributed by atoms with van der Waals surface area (Å²) in [5.41, 5.74) is -0.497. The zero-order chi connectivity index (χ0) is 12.2. The van der Waals surface area contributed by atoms with E-state index in [9.17, 15) is 9.90 Å². The summed E-state index contributed by atoms with van der Waals surface area (Å²) >= 11 is 0. The predicted octanol–water partition coefficient (Wildman–Crippen LogP) is 2.01. The molecule has 0 spiro atoms. The Morgan fingerprint density at radius 2 is 1.87 bits per heavy atom. The number of hydrogen-bond acceptors (Lipinski definition) is 3. The average Bonchev–Trinajstić information content (AvgIpc) is 2.01. The second-order valence-electron chi connectivity index (χ2n) is 4.75. The van der Waals surface area contributed by atoms with Crippen LogP contribution in [0.5, 0.6) is 0 Å². The van der Waals surface area contributed by atoms with Crippen LogP contribution < -0.4 is 0 Å². The van der Waals surface area contributed by atoms with Crippen LogP contribution in [-0.4, -0.2) is 40.4 Å². The molecule has 0 heterocycles. The summed E-state index contributed by atoms with van der Waals surface area (Å²) in [6, 6.07) is -0.232. The SMILES string of the molecule is CCN(C(=O)OC(C)(C)C)C(C)C(C)O. The number of amides is 1. The van der Waals surface area contributed by atoms with E-state index in [-0.39, 0.29) is 12.1 Å².